The van der Waals surface area contributed by atoms with E-state index >= 15 is 0 Å². The number of nitro groups is 2. The van der Waals surface area contributed by atoms with Crippen molar-refractivity contribution in [3.05, 3.63) is 136 Å². The van der Waals surface area contributed by atoms with Crippen LogP contribution in [0.1, 0.15) is 0 Å². The molecule has 0 atom stereocenters. The third kappa shape index (κ3) is 5.14. The Morgan fingerprint density at radius 1 is 0.605 bits per heavy atom. The number of nitrogens with one attached hydrogen (secondary N) is 2. The first kappa shape index (κ1) is 24.1. The molecular weight excluding hydrogens is 486 g/mol. The zero-order chi connectivity index (χ0) is 26.5. The van der Waals surface area contributed by atoms with Crippen LogP contribution in [0.15, 0.2) is 120 Å². The fourth-order valence-corrected chi connectivity index (χ4v) is 4.03. The van der Waals surface area contributed by atoms with Gasteiger partial charge in [-0.2, -0.15) is 0 Å². The lowest BCUT2D eigenvalue weighted by Crippen LogP contribution is -2.10. The maximum Gasteiger partial charge on any atom is 0.292 e. The number of hydrogen-bond acceptors (Lipinski definition) is 8. The molecular formula is C28H21N5O5. The van der Waals surface area contributed by atoms with Crippen molar-refractivity contribution in [2.45, 2.75) is 0 Å². The first-order chi connectivity index (χ1) is 18.5. The molecule has 4 aromatic carbocycles. The molecule has 10 heteroatoms. The molecule has 38 heavy (non-hydrogen) atoms. The Labute approximate surface area is 217 Å². The minimum absolute atomic E-state index is 0.0328. The summed E-state index contributed by atoms with van der Waals surface area (Å²) in [5.74, 6) is 0.538. The molecule has 0 unspecified atom stereocenters. The van der Waals surface area contributed by atoms with Crippen molar-refractivity contribution in [2.75, 3.05) is 15.5 Å². The van der Waals surface area contributed by atoms with E-state index in [1.165, 1.54) is 12.1 Å². The van der Waals surface area contributed by atoms with Gasteiger partial charge >= 0.3 is 0 Å². The van der Waals surface area contributed by atoms with Gasteiger partial charge in [0.15, 0.2) is 0 Å². The Bertz CT molecular complexity index is 1500. The third-order valence-electron chi connectivity index (χ3n) is 5.69. The van der Waals surface area contributed by atoms with Crippen LogP contribution < -0.4 is 15.5 Å². The minimum atomic E-state index is -0.434. The highest BCUT2D eigenvalue weighted by Crippen LogP contribution is 2.38. The van der Waals surface area contributed by atoms with Crippen LogP contribution >= 0.6 is 0 Å². The lowest BCUT2D eigenvalue weighted by atomic mass is 10.2. The standard InChI is InChI=1S/C28H21N5O5/c34-32(35)26-14-3-1-12-24(26)29-20-8-5-10-22(18-20)31(28-16-7-17-38-28)23-11-6-9-21(19-23)30-25-13-2-4-15-27(25)33(36)37/h1-19,29-30H. The number of furan rings is 1. The van der Waals surface area contributed by atoms with Crippen LogP contribution in [0.5, 0.6) is 0 Å². The van der Waals surface area contributed by atoms with Gasteiger partial charge in [0.1, 0.15) is 11.4 Å². The lowest BCUT2D eigenvalue weighted by Gasteiger charge is -2.24. The summed E-state index contributed by atoms with van der Waals surface area (Å²) in [6, 6.07) is 31.2. The van der Waals surface area contributed by atoms with Gasteiger partial charge in [0, 0.05) is 29.6 Å². The SMILES string of the molecule is O=[N+]([O-])c1ccccc1Nc1cccc(N(c2cccc(Nc3ccccc3[N+](=O)[O-])c2)c2ccco2)c1. The summed E-state index contributed by atoms with van der Waals surface area (Å²) in [5, 5.41) is 29.2. The van der Waals surface area contributed by atoms with Gasteiger partial charge in [-0.15, -0.1) is 0 Å². The number of anilines is 7. The first-order valence-corrected chi connectivity index (χ1v) is 11.5. The molecule has 1 aromatic heterocycles. The van der Waals surface area contributed by atoms with Crippen molar-refractivity contribution in [3.63, 3.8) is 0 Å². The number of benzene rings is 4. The molecule has 0 saturated heterocycles. The van der Waals surface area contributed by atoms with Crippen LogP contribution in [0.4, 0.5) is 51.4 Å². The first-order valence-electron chi connectivity index (χ1n) is 11.5. The van der Waals surface area contributed by atoms with E-state index in [-0.39, 0.29) is 11.4 Å². The number of nitro benzene ring substituents is 2. The summed E-state index contributed by atoms with van der Waals surface area (Å²) >= 11 is 0. The van der Waals surface area contributed by atoms with Crippen molar-refractivity contribution in [3.8, 4) is 0 Å². The monoisotopic (exact) mass is 507 g/mol. The van der Waals surface area contributed by atoms with E-state index in [0.29, 0.717) is 28.6 Å². The molecule has 0 aliphatic heterocycles. The second-order valence-corrected chi connectivity index (χ2v) is 8.19. The van der Waals surface area contributed by atoms with Crippen molar-refractivity contribution in [1.82, 2.24) is 0 Å². The second kappa shape index (κ2) is 10.5. The highest BCUT2D eigenvalue weighted by molar-refractivity contribution is 5.80. The van der Waals surface area contributed by atoms with Gasteiger partial charge in [-0.25, -0.2) is 0 Å². The van der Waals surface area contributed by atoms with E-state index < -0.39 is 9.85 Å². The van der Waals surface area contributed by atoms with Crippen LogP contribution in [0.25, 0.3) is 0 Å². The molecule has 0 aliphatic carbocycles. The summed E-state index contributed by atoms with van der Waals surface area (Å²) < 4.78 is 5.73. The fraction of sp³-hybridized carbons (Fsp3) is 0. The molecule has 0 spiro atoms. The van der Waals surface area contributed by atoms with Crippen LogP contribution in [-0.4, -0.2) is 9.85 Å². The Hall–Kier alpha value is -5.64. The van der Waals surface area contributed by atoms with Gasteiger partial charge in [-0.3, -0.25) is 25.1 Å². The minimum Gasteiger partial charge on any atom is -0.448 e. The molecule has 188 valence electrons. The van der Waals surface area contributed by atoms with Gasteiger partial charge in [-0.1, -0.05) is 36.4 Å². The molecule has 5 aromatic rings. The van der Waals surface area contributed by atoms with E-state index in [1.807, 2.05) is 59.5 Å². The van der Waals surface area contributed by atoms with Gasteiger partial charge in [0.2, 0.25) is 5.88 Å². The van der Waals surface area contributed by atoms with Crippen molar-refractivity contribution >= 4 is 51.4 Å². The molecule has 5 rings (SSSR count). The molecule has 0 aliphatic rings. The second-order valence-electron chi connectivity index (χ2n) is 8.19. The summed E-state index contributed by atoms with van der Waals surface area (Å²) in [5.41, 5.74) is 3.41. The quantitative estimate of drug-likeness (QED) is 0.151. The molecule has 0 radical (unpaired) electrons. The molecule has 10 nitrogen and oxygen atoms in total. The van der Waals surface area contributed by atoms with Crippen LogP contribution in [0.3, 0.4) is 0 Å². The Balaban J connectivity index is 1.51. The van der Waals surface area contributed by atoms with Crippen molar-refractivity contribution < 1.29 is 14.3 Å². The number of rotatable bonds is 9. The summed E-state index contributed by atoms with van der Waals surface area (Å²) in [4.78, 5) is 23.9. The van der Waals surface area contributed by atoms with Gasteiger partial charge in [0.05, 0.1) is 27.5 Å². The lowest BCUT2D eigenvalue weighted by molar-refractivity contribution is -0.384. The van der Waals surface area contributed by atoms with E-state index in [2.05, 4.69) is 10.6 Å². The highest BCUT2D eigenvalue weighted by Gasteiger charge is 2.18. The van der Waals surface area contributed by atoms with Gasteiger partial charge in [0.25, 0.3) is 11.4 Å². The summed E-state index contributed by atoms with van der Waals surface area (Å²) in [6.07, 6.45) is 1.56. The molecule has 2 N–H and O–H groups in total. The zero-order valence-corrected chi connectivity index (χ0v) is 19.9. The Kier molecular flexibility index (Phi) is 6.68. The van der Waals surface area contributed by atoms with Crippen LogP contribution in [-0.2, 0) is 0 Å². The summed E-state index contributed by atoms with van der Waals surface area (Å²) in [6.45, 7) is 0. The average molecular weight is 508 g/mol. The predicted octanol–water partition coefficient (Wildman–Crippen LogP) is 8.05. The van der Waals surface area contributed by atoms with Crippen LogP contribution in [0.2, 0.25) is 0 Å². The zero-order valence-electron chi connectivity index (χ0n) is 19.9. The predicted molar refractivity (Wildman–Crippen MR) is 146 cm³/mol. The van der Waals surface area contributed by atoms with E-state index in [4.69, 9.17) is 4.42 Å². The van der Waals surface area contributed by atoms with Crippen molar-refractivity contribution in [2.24, 2.45) is 0 Å². The highest BCUT2D eigenvalue weighted by atomic mass is 16.6. The average Bonchev–Trinajstić information content (AvgIpc) is 3.44. The molecule has 0 amide bonds. The number of hydrogen-bond donors (Lipinski definition) is 2. The Morgan fingerprint density at radius 3 is 1.55 bits per heavy atom. The topological polar surface area (TPSA) is 127 Å². The Morgan fingerprint density at radius 2 is 1.11 bits per heavy atom. The molecule has 0 fully saturated rings. The van der Waals surface area contributed by atoms with Crippen LogP contribution in [0, 0.1) is 20.2 Å². The van der Waals surface area contributed by atoms with E-state index in [9.17, 15) is 20.2 Å². The molecule has 1 heterocycles. The third-order valence-corrected chi connectivity index (χ3v) is 5.69. The molecule has 0 saturated carbocycles. The van der Waals surface area contributed by atoms with E-state index in [1.54, 1.807) is 48.7 Å². The number of nitrogens with zero attached hydrogens (tertiary/aromatic N) is 3. The summed E-state index contributed by atoms with van der Waals surface area (Å²) in [7, 11) is 0. The normalized spacial score (nSPS) is 10.5. The van der Waals surface area contributed by atoms with Gasteiger partial charge < -0.3 is 15.1 Å². The maximum absolute atomic E-state index is 11.5. The smallest absolute Gasteiger partial charge is 0.292 e. The fourth-order valence-electron chi connectivity index (χ4n) is 4.03. The van der Waals surface area contributed by atoms with E-state index in [0.717, 1.165) is 11.4 Å². The maximum atomic E-state index is 11.5. The van der Waals surface area contributed by atoms with Gasteiger partial charge in [-0.05, 0) is 54.6 Å². The largest absolute Gasteiger partial charge is 0.448 e. The number of para-hydroxylation sites is 4. The molecule has 0 bridgehead atoms. The van der Waals surface area contributed by atoms with Crippen molar-refractivity contribution in [1.29, 1.82) is 0 Å².